The van der Waals surface area contributed by atoms with Gasteiger partial charge in [0.1, 0.15) is 10.7 Å². The second-order valence-electron chi connectivity index (χ2n) is 4.61. The molecule has 4 N–H and O–H groups in total. The number of nitrogens with two attached hydrogens (primary N) is 2. The fourth-order valence-corrected chi connectivity index (χ4v) is 2.34. The number of hydrogen-bond acceptors (Lipinski definition) is 3. The fraction of sp³-hybridized carbons (Fsp3) is 0.200. The van der Waals surface area contributed by atoms with Crippen LogP contribution in [0.4, 0.5) is 27.1 Å². The molecule has 5 heteroatoms. The highest BCUT2D eigenvalue weighted by Gasteiger charge is 2.20. The first-order chi connectivity index (χ1) is 9.45. The van der Waals surface area contributed by atoms with E-state index in [1.807, 2.05) is 38.1 Å². The van der Waals surface area contributed by atoms with Crippen molar-refractivity contribution in [2.24, 2.45) is 0 Å². The summed E-state index contributed by atoms with van der Waals surface area (Å²) in [6.07, 6.45) is 0. The lowest BCUT2D eigenvalue weighted by molar-refractivity contribution is 0.627. The standard InChI is InChI=1S/C15H17ClFN3/c1-3-20(10-6-4-5-9(2)7-10)15-12(19)8-11(18)13(16)14(15)17/h4-8H,3,18-19H2,1-2H3. The highest BCUT2D eigenvalue weighted by Crippen LogP contribution is 2.39. The molecule has 0 unspecified atom stereocenters. The molecule has 0 spiro atoms. The Kier molecular flexibility index (Phi) is 4.04. The zero-order valence-electron chi connectivity index (χ0n) is 11.5. The van der Waals surface area contributed by atoms with Crippen LogP contribution in [0.15, 0.2) is 30.3 Å². The molecule has 0 bridgehead atoms. The third-order valence-electron chi connectivity index (χ3n) is 3.14. The molecule has 0 fully saturated rings. The molecule has 3 nitrogen and oxygen atoms in total. The Morgan fingerprint density at radius 1 is 1.20 bits per heavy atom. The highest BCUT2D eigenvalue weighted by molar-refractivity contribution is 6.33. The van der Waals surface area contributed by atoms with Gasteiger partial charge >= 0.3 is 0 Å². The van der Waals surface area contributed by atoms with Crippen molar-refractivity contribution in [3.63, 3.8) is 0 Å². The monoisotopic (exact) mass is 293 g/mol. The van der Waals surface area contributed by atoms with Crippen LogP contribution in [0.1, 0.15) is 12.5 Å². The van der Waals surface area contributed by atoms with E-state index >= 15 is 0 Å². The van der Waals surface area contributed by atoms with E-state index in [2.05, 4.69) is 0 Å². The van der Waals surface area contributed by atoms with Crippen LogP contribution in [0, 0.1) is 12.7 Å². The molecule has 2 aromatic carbocycles. The van der Waals surface area contributed by atoms with Gasteiger partial charge in [0.15, 0.2) is 5.82 Å². The van der Waals surface area contributed by atoms with Gasteiger partial charge in [-0.2, -0.15) is 0 Å². The first kappa shape index (κ1) is 14.5. The second kappa shape index (κ2) is 5.59. The topological polar surface area (TPSA) is 55.3 Å². The quantitative estimate of drug-likeness (QED) is 0.837. The number of nitrogens with zero attached hydrogens (tertiary/aromatic N) is 1. The van der Waals surface area contributed by atoms with Crippen molar-refractivity contribution >= 4 is 34.4 Å². The van der Waals surface area contributed by atoms with Crippen molar-refractivity contribution in [1.29, 1.82) is 0 Å². The highest BCUT2D eigenvalue weighted by atomic mass is 35.5. The molecule has 0 saturated heterocycles. The van der Waals surface area contributed by atoms with E-state index in [1.165, 1.54) is 6.07 Å². The molecule has 0 aliphatic carbocycles. The molecule has 0 radical (unpaired) electrons. The number of hydrogen-bond donors (Lipinski definition) is 2. The van der Waals surface area contributed by atoms with Gasteiger partial charge in [-0.15, -0.1) is 0 Å². The van der Waals surface area contributed by atoms with Crippen LogP contribution in [0.25, 0.3) is 0 Å². The van der Waals surface area contributed by atoms with E-state index in [4.69, 9.17) is 23.1 Å². The van der Waals surface area contributed by atoms with Gasteiger partial charge < -0.3 is 16.4 Å². The van der Waals surface area contributed by atoms with Gasteiger partial charge in [-0.1, -0.05) is 23.7 Å². The van der Waals surface area contributed by atoms with Gasteiger partial charge in [-0.3, -0.25) is 0 Å². The van der Waals surface area contributed by atoms with E-state index in [0.717, 1.165) is 11.3 Å². The molecule has 0 saturated carbocycles. The Balaban J connectivity index is 2.61. The molecule has 2 rings (SSSR count). The van der Waals surface area contributed by atoms with Crippen LogP contribution in [0.2, 0.25) is 5.02 Å². The maximum Gasteiger partial charge on any atom is 0.169 e. The average molecular weight is 294 g/mol. The van der Waals surface area contributed by atoms with Crippen LogP contribution in [-0.2, 0) is 0 Å². The maximum atomic E-state index is 14.4. The van der Waals surface area contributed by atoms with Crippen LogP contribution < -0.4 is 16.4 Å². The molecule has 106 valence electrons. The summed E-state index contributed by atoms with van der Waals surface area (Å²) in [5, 5.41) is -0.0969. The van der Waals surface area contributed by atoms with Crippen molar-refractivity contribution in [2.75, 3.05) is 22.9 Å². The van der Waals surface area contributed by atoms with Crippen molar-refractivity contribution < 1.29 is 4.39 Å². The number of aryl methyl sites for hydroxylation is 1. The molecule has 20 heavy (non-hydrogen) atoms. The summed E-state index contributed by atoms with van der Waals surface area (Å²) < 4.78 is 14.4. The van der Waals surface area contributed by atoms with Gasteiger partial charge in [0.05, 0.1) is 11.4 Å². The normalized spacial score (nSPS) is 10.6. The second-order valence-corrected chi connectivity index (χ2v) is 4.99. The molecule has 0 aliphatic heterocycles. The summed E-state index contributed by atoms with van der Waals surface area (Å²) >= 11 is 5.89. The molecule has 0 atom stereocenters. The van der Waals surface area contributed by atoms with Crippen LogP contribution in [0.3, 0.4) is 0 Å². The Bertz CT molecular complexity index is 643. The van der Waals surface area contributed by atoms with Crippen LogP contribution >= 0.6 is 11.6 Å². The molecule has 0 heterocycles. The SMILES string of the molecule is CCN(c1cccc(C)c1)c1c(N)cc(N)c(Cl)c1F. The predicted molar refractivity (Wildman–Crippen MR) is 84.1 cm³/mol. The minimum atomic E-state index is -0.590. The lowest BCUT2D eigenvalue weighted by atomic mass is 10.1. The van der Waals surface area contributed by atoms with E-state index in [0.29, 0.717) is 6.54 Å². The maximum absolute atomic E-state index is 14.4. The molecule has 2 aromatic rings. The van der Waals surface area contributed by atoms with Crippen molar-refractivity contribution in [1.82, 2.24) is 0 Å². The van der Waals surface area contributed by atoms with Crippen LogP contribution in [0.5, 0.6) is 0 Å². The van der Waals surface area contributed by atoms with Gasteiger partial charge in [0.2, 0.25) is 0 Å². The Labute approximate surface area is 122 Å². The summed E-state index contributed by atoms with van der Waals surface area (Å²) in [5.41, 5.74) is 14.2. The summed E-state index contributed by atoms with van der Waals surface area (Å²) in [6, 6.07) is 9.25. The summed E-state index contributed by atoms with van der Waals surface area (Å²) in [4.78, 5) is 1.78. The third-order valence-corrected chi connectivity index (χ3v) is 3.52. The van der Waals surface area contributed by atoms with Crippen molar-refractivity contribution in [2.45, 2.75) is 13.8 Å². The van der Waals surface area contributed by atoms with Gasteiger partial charge in [-0.25, -0.2) is 4.39 Å². The number of anilines is 4. The van der Waals surface area contributed by atoms with Crippen molar-refractivity contribution in [3.8, 4) is 0 Å². The summed E-state index contributed by atoms with van der Waals surface area (Å²) in [6.45, 7) is 4.46. The largest absolute Gasteiger partial charge is 0.397 e. The fourth-order valence-electron chi connectivity index (χ4n) is 2.20. The molecular weight excluding hydrogens is 277 g/mol. The minimum absolute atomic E-state index is 0.0969. The van der Waals surface area contributed by atoms with E-state index in [9.17, 15) is 4.39 Å². The van der Waals surface area contributed by atoms with Gasteiger partial charge in [0.25, 0.3) is 0 Å². The van der Waals surface area contributed by atoms with E-state index in [1.54, 1.807) is 4.90 Å². The zero-order valence-corrected chi connectivity index (χ0v) is 12.2. The summed E-state index contributed by atoms with van der Waals surface area (Å²) in [5.74, 6) is -0.590. The Hall–Kier alpha value is -1.94. The Morgan fingerprint density at radius 2 is 1.90 bits per heavy atom. The molecular formula is C15H17ClFN3. The number of halogens is 2. The Morgan fingerprint density at radius 3 is 2.50 bits per heavy atom. The predicted octanol–water partition coefficient (Wildman–Crippen LogP) is 4.11. The molecule has 0 amide bonds. The molecule has 0 aliphatic rings. The van der Waals surface area contributed by atoms with Gasteiger partial charge in [-0.05, 0) is 37.6 Å². The first-order valence-electron chi connectivity index (χ1n) is 6.32. The first-order valence-corrected chi connectivity index (χ1v) is 6.70. The van der Waals surface area contributed by atoms with E-state index < -0.39 is 5.82 Å². The molecule has 0 aromatic heterocycles. The number of benzene rings is 2. The average Bonchev–Trinajstić information content (AvgIpc) is 2.41. The van der Waals surface area contributed by atoms with Crippen molar-refractivity contribution in [3.05, 3.63) is 46.7 Å². The third kappa shape index (κ3) is 2.51. The number of rotatable bonds is 3. The smallest absolute Gasteiger partial charge is 0.169 e. The minimum Gasteiger partial charge on any atom is -0.397 e. The lowest BCUT2D eigenvalue weighted by Gasteiger charge is -2.26. The van der Waals surface area contributed by atoms with Gasteiger partial charge in [0, 0.05) is 12.2 Å². The summed E-state index contributed by atoms with van der Waals surface area (Å²) in [7, 11) is 0. The van der Waals surface area contributed by atoms with Crippen LogP contribution in [-0.4, -0.2) is 6.54 Å². The van der Waals surface area contributed by atoms with E-state index in [-0.39, 0.29) is 22.1 Å². The number of nitrogen functional groups attached to an aromatic ring is 2. The lowest BCUT2D eigenvalue weighted by Crippen LogP contribution is -2.19. The zero-order chi connectivity index (χ0) is 14.9.